The second-order valence-electron chi connectivity index (χ2n) is 10.5. The van der Waals surface area contributed by atoms with Crippen molar-refractivity contribution < 1.29 is 56.4 Å². The molecule has 4 saturated heterocycles. The van der Waals surface area contributed by atoms with E-state index in [0.29, 0.717) is 0 Å². The van der Waals surface area contributed by atoms with Crippen LogP contribution in [-0.2, 0) is 41.5 Å². The molecule has 5 aliphatic heterocycles. The van der Waals surface area contributed by atoms with E-state index in [1.54, 1.807) is 0 Å². The summed E-state index contributed by atoms with van der Waals surface area (Å²) < 4.78 is 60.8. The molecular formula is C20H28N10O12P2. The van der Waals surface area contributed by atoms with E-state index in [4.69, 9.17) is 39.0 Å². The number of aliphatic hydroxyl groups excluding tert-OH is 1. The van der Waals surface area contributed by atoms with Crippen LogP contribution in [0.1, 0.15) is 12.6 Å². The summed E-state index contributed by atoms with van der Waals surface area (Å²) in [5, 5.41) is 16.5. The number of rotatable bonds is 2. The molecule has 2 aromatic heterocycles. The number of amides is 1. The molecule has 9 N–H and O–H groups in total. The standard InChI is InChI=1S/C20H28N10O12P2/c21-14-10-15(24-4-23-14)29(5-25-10)19-13-12(31)9(40-19)3-38-43(33,34)41-8-1-7(2-37-44(35,36)42-13)39-18(8)30-6-26-11-16(30)27-20(22)28-17(11)32/h4-9,11-13,16,18-20,27,31H,1-3,22H2,(H,28,32)(H,33,34)(H,35,36)(H2,21,23,24)/t7-,8+,9+,11?,12+,13+,16?,18+,19+,20?/m0/s1. The van der Waals surface area contributed by atoms with Crippen molar-refractivity contribution >= 4 is 44.9 Å². The number of aromatic nitrogens is 4. The maximum Gasteiger partial charge on any atom is 0.472 e. The number of phosphoric ester groups is 2. The van der Waals surface area contributed by atoms with E-state index in [-0.39, 0.29) is 23.4 Å². The molecule has 7 heterocycles. The summed E-state index contributed by atoms with van der Waals surface area (Å²) >= 11 is 0. The first-order valence-electron chi connectivity index (χ1n) is 13.3. The largest absolute Gasteiger partial charge is 0.472 e. The Labute approximate surface area is 246 Å². The summed E-state index contributed by atoms with van der Waals surface area (Å²) in [6, 6.07) is -0.899. The molecule has 4 bridgehead atoms. The molecule has 12 atom stereocenters. The first-order valence-corrected chi connectivity index (χ1v) is 16.2. The molecule has 0 spiro atoms. The SMILES string of the molecule is Nc1ncnc2c1ncn2[C@@H]1O[C@@H]2COP(=O)(O)O[C@@H]3C[C@@H](COP(=O)(O)O[C@@H]1[C@@H]2O)O[C@H]3N1C=NC2C(=O)NC(N)NC21. The van der Waals surface area contributed by atoms with Gasteiger partial charge in [0.1, 0.15) is 48.7 Å². The molecule has 240 valence electrons. The minimum atomic E-state index is -4.92. The van der Waals surface area contributed by atoms with Gasteiger partial charge < -0.3 is 40.3 Å². The fourth-order valence-electron chi connectivity index (χ4n) is 5.70. The van der Waals surface area contributed by atoms with Crippen LogP contribution in [0.5, 0.6) is 0 Å². The summed E-state index contributed by atoms with van der Waals surface area (Å²) in [6.45, 7) is -1.25. The highest BCUT2D eigenvalue weighted by atomic mass is 31.2. The number of hydrogen-bond donors (Lipinski definition) is 7. The van der Waals surface area contributed by atoms with Crippen molar-refractivity contribution in [2.75, 3.05) is 18.9 Å². The Morgan fingerprint density at radius 1 is 1.02 bits per heavy atom. The average Bonchev–Trinajstić information content (AvgIpc) is 3.72. The Bertz CT molecular complexity index is 1580. The topological polar surface area (TPSA) is 303 Å². The number of carbonyl (C=O) groups is 1. The normalized spacial score (nSPS) is 44.5. The minimum Gasteiger partial charge on any atom is -0.387 e. The third-order valence-electron chi connectivity index (χ3n) is 7.66. The van der Waals surface area contributed by atoms with Crippen molar-refractivity contribution in [3.05, 3.63) is 12.7 Å². The van der Waals surface area contributed by atoms with Gasteiger partial charge in [0.05, 0.1) is 32.0 Å². The van der Waals surface area contributed by atoms with Crippen molar-refractivity contribution in [3.63, 3.8) is 0 Å². The maximum absolute atomic E-state index is 13.1. The van der Waals surface area contributed by atoms with Crippen LogP contribution in [0, 0.1) is 0 Å². The molecule has 0 aliphatic carbocycles. The lowest BCUT2D eigenvalue weighted by Crippen LogP contribution is -2.70. The summed E-state index contributed by atoms with van der Waals surface area (Å²) in [6.07, 6.45) is -7.32. The smallest absolute Gasteiger partial charge is 0.387 e. The number of carbonyl (C=O) groups excluding carboxylic acids is 1. The van der Waals surface area contributed by atoms with Crippen molar-refractivity contribution in [1.29, 1.82) is 0 Å². The van der Waals surface area contributed by atoms with Crippen molar-refractivity contribution in [2.24, 2.45) is 10.7 Å². The number of anilines is 1. The van der Waals surface area contributed by atoms with Gasteiger partial charge in [-0.25, -0.2) is 24.1 Å². The lowest BCUT2D eigenvalue weighted by Gasteiger charge is -2.39. The Balaban J connectivity index is 1.16. The molecule has 0 radical (unpaired) electrons. The molecule has 4 fully saturated rings. The van der Waals surface area contributed by atoms with Crippen LogP contribution >= 0.6 is 15.6 Å². The first kappa shape index (κ1) is 30.0. The van der Waals surface area contributed by atoms with Gasteiger partial charge in [0.15, 0.2) is 30.0 Å². The fourth-order valence-corrected chi connectivity index (χ4v) is 7.58. The second kappa shape index (κ2) is 11.0. The van der Waals surface area contributed by atoms with Gasteiger partial charge in [0.2, 0.25) is 0 Å². The van der Waals surface area contributed by atoms with E-state index < -0.39 is 96.2 Å². The highest BCUT2D eigenvalue weighted by molar-refractivity contribution is 7.47. The molecule has 5 aliphatic rings. The van der Waals surface area contributed by atoms with E-state index in [2.05, 4.69) is 30.6 Å². The Kier molecular flexibility index (Phi) is 7.49. The predicted molar refractivity (Wildman–Crippen MR) is 141 cm³/mol. The quantitative estimate of drug-likeness (QED) is 0.156. The number of hydrogen-bond acceptors (Lipinski definition) is 18. The van der Waals surface area contributed by atoms with Crippen molar-refractivity contribution in [2.45, 2.75) is 67.9 Å². The number of imidazole rings is 1. The first-order chi connectivity index (χ1) is 20.9. The van der Waals surface area contributed by atoms with Gasteiger partial charge in [-0.15, -0.1) is 0 Å². The zero-order valence-electron chi connectivity index (χ0n) is 22.4. The van der Waals surface area contributed by atoms with Crippen molar-refractivity contribution in [1.82, 2.24) is 35.1 Å². The highest BCUT2D eigenvalue weighted by Gasteiger charge is 2.53. The molecule has 0 saturated carbocycles. The van der Waals surface area contributed by atoms with E-state index in [9.17, 15) is 28.8 Å². The second-order valence-corrected chi connectivity index (χ2v) is 13.3. The molecule has 0 aromatic carbocycles. The van der Waals surface area contributed by atoms with Gasteiger partial charge in [0, 0.05) is 6.42 Å². The zero-order valence-corrected chi connectivity index (χ0v) is 24.2. The fraction of sp³-hybridized carbons (Fsp3) is 0.650. The molecule has 44 heavy (non-hydrogen) atoms. The monoisotopic (exact) mass is 662 g/mol. The number of nitrogens with two attached hydrogens (primary N) is 2. The third kappa shape index (κ3) is 5.41. The third-order valence-corrected chi connectivity index (χ3v) is 9.66. The number of nitrogens with one attached hydrogen (secondary N) is 2. The van der Waals surface area contributed by atoms with Crippen LogP contribution in [0.15, 0.2) is 17.6 Å². The van der Waals surface area contributed by atoms with Gasteiger partial charge in [-0.05, 0) is 0 Å². The molecule has 22 nitrogen and oxygen atoms in total. The number of fused-ring (bicyclic) bond motifs is 6. The van der Waals surface area contributed by atoms with Gasteiger partial charge in [-0.1, -0.05) is 0 Å². The molecular weight excluding hydrogens is 634 g/mol. The van der Waals surface area contributed by atoms with Gasteiger partial charge in [0.25, 0.3) is 5.91 Å². The molecule has 2 aromatic rings. The molecule has 7 rings (SSSR count). The van der Waals surface area contributed by atoms with Crippen LogP contribution in [0.3, 0.4) is 0 Å². The van der Waals surface area contributed by atoms with Gasteiger partial charge in [-0.2, -0.15) is 0 Å². The van der Waals surface area contributed by atoms with Crippen LogP contribution in [0.25, 0.3) is 11.2 Å². The number of phosphoric acid groups is 2. The Hall–Kier alpha value is -2.69. The van der Waals surface area contributed by atoms with Gasteiger partial charge in [-0.3, -0.25) is 43.5 Å². The number of aliphatic hydroxyl groups is 1. The van der Waals surface area contributed by atoms with Crippen LogP contribution in [0.2, 0.25) is 0 Å². The van der Waals surface area contributed by atoms with E-state index >= 15 is 0 Å². The minimum absolute atomic E-state index is 0.0482. The highest BCUT2D eigenvalue weighted by Crippen LogP contribution is 2.53. The lowest BCUT2D eigenvalue weighted by molar-refractivity contribution is -0.130. The summed E-state index contributed by atoms with van der Waals surface area (Å²) in [4.78, 5) is 51.4. The van der Waals surface area contributed by atoms with E-state index in [1.165, 1.54) is 22.1 Å². The molecule has 5 unspecified atom stereocenters. The predicted octanol–water partition coefficient (Wildman–Crippen LogP) is -3.20. The van der Waals surface area contributed by atoms with Crippen LogP contribution in [0.4, 0.5) is 5.82 Å². The summed E-state index contributed by atoms with van der Waals surface area (Å²) in [7, 11) is -9.78. The number of ether oxygens (including phenoxy) is 2. The van der Waals surface area contributed by atoms with Crippen molar-refractivity contribution in [3.8, 4) is 0 Å². The number of aliphatic imine (C=N–C) groups is 1. The summed E-state index contributed by atoms with van der Waals surface area (Å²) in [5.74, 6) is -0.401. The van der Waals surface area contributed by atoms with E-state index in [1.807, 2.05) is 0 Å². The maximum atomic E-state index is 13.1. The van der Waals surface area contributed by atoms with Gasteiger partial charge >= 0.3 is 15.6 Å². The molecule has 1 amide bonds. The van der Waals surface area contributed by atoms with E-state index in [0.717, 1.165) is 6.33 Å². The number of nitrogens with zero attached hydrogens (tertiary/aromatic N) is 6. The Morgan fingerprint density at radius 3 is 2.61 bits per heavy atom. The summed E-state index contributed by atoms with van der Waals surface area (Å²) in [5.41, 5.74) is 12.1. The molecule has 24 heteroatoms. The Morgan fingerprint density at radius 2 is 1.80 bits per heavy atom. The van der Waals surface area contributed by atoms with Crippen LogP contribution < -0.4 is 22.1 Å². The lowest BCUT2D eigenvalue weighted by atomic mass is 10.1. The number of nitrogen functional groups attached to an aromatic ring is 1. The van der Waals surface area contributed by atoms with Crippen LogP contribution in [-0.4, -0.2) is 120 Å². The zero-order chi connectivity index (χ0) is 31.0. The average molecular weight is 662 g/mol.